The maximum absolute atomic E-state index is 12.4. The number of hydrogen-bond acceptors (Lipinski definition) is 5. The molecule has 0 fully saturated rings. The lowest BCUT2D eigenvalue weighted by Gasteiger charge is -2.36. The molecule has 1 aromatic carbocycles. The fraction of sp³-hybridized carbons (Fsp3) is 0.529. The third kappa shape index (κ3) is 3.10. The van der Waals surface area contributed by atoms with Crippen molar-refractivity contribution in [1.29, 1.82) is 5.26 Å². The molecule has 0 saturated carbocycles. The summed E-state index contributed by atoms with van der Waals surface area (Å²) in [7, 11) is 0. The van der Waals surface area contributed by atoms with Gasteiger partial charge in [-0.05, 0) is 50.8 Å². The molecule has 2 rings (SSSR count). The van der Waals surface area contributed by atoms with Crippen molar-refractivity contribution in [3.63, 3.8) is 0 Å². The minimum atomic E-state index is -0.979. The first kappa shape index (κ1) is 17.1. The van der Waals surface area contributed by atoms with E-state index in [2.05, 4.69) is 10.9 Å². The summed E-state index contributed by atoms with van der Waals surface area (Å²) >= 11 is 0. The molecule has 1 unspecified atom stereocenters. The summed E-state index contributed by atoms with van der Waals surface area (Å²) in [6, 6.07) is 2.00. The molecule has 3 N–H and O–H groups in total. The number of benzene rings is 1. The summed E-state index contributed by atoms with van der Waals surface area (Å²) in [6.07, 6.45) is 1.50. The molecule has 1 atom stereocenters. The molecular weight excluding hydrogens is 294 g/mol. The first-order valence-corrected chi connectivity index (χ1v) is 7.72. The SMILES string of the molecule is Cc1c(C)c2c(c(C)c1O)CCC(C)(C(=O)NNCCC#N)O2. The van der Waals surface area contributed by atoms with Crippen LogP contribution in [0, 0.1) is 32.1 Å². The van der Waals surface area contributed by atoms with Gasteiger partial charge in [0.15, 0.2) is 5.60 Å². The zero-order valence-electron chi connectivity index (χ0n) is 14.0. The van der Waals surface area contributed by atoms with Gasteiger partial charge in [0, 0.05) is 24.9 Å². The van der Waals surface area contributed by atoms with Crippen LogP contribution in [-0.4, -0.2) is 23.2 Å². The Labute approximate surface area is 136 Å². The van der Waals surface area contributed by atoms with Crippen molar-refractivity contribution in [2.45, 2.75) is 52.6 Å². The van der Waals surface area contributed by atoms with Crippen molar-refractivity contribution >= 4 is 5.91 Å². The molecule has 124 valence electrons. The smallest absolute Gasteiger partial charge is 0.277 e. The number of carbonyl (C=O) groups excluding carboxylic acids is 1. The van der Waals surface area contributed by atoms with Crippen LogP contribution in [0.5, 0.6) is 11.5 Å². The molecule has 0 saturated heterocycles. The van der Waals surface area contributed by atoms with Crippen LogP contribution in [-0.2, 0) is 11.2 Å². The van der Waals surface area contributed by atoms with Gasteiger partial charge in [-0.15, -0.1) is 0 Å². The molecule has 0 radical (unpaired) electrons. The van der Waals surface area contributed by atoms with Crippen LogP contribution in [0.2, 0.25) is 0 Å². The van der Waals surface area contributed by atoms with Crippen LogP contribution in [0.1, 0.15) is 42.0 Å². The van der Waals surface area contributed by atoms with E-state index in [0.717, 1.165) is 22.3 Å². The van der Waals surface area contributed by atoms with Crippen molar-refractivity contribution in [3.05, 3.63) is 22.3 Å². The lowest BCUT2D eigenvalue weighted by Crippen LogP contribution is -2.54. The first-order chi connectivity index (χ1) is 10.8. The number of hydrazine groups is 1. The van der Waals surface area contributed by atoms with Gasteiger partial charge >= 0.3 is 0 Å². The standard InChI is InChI=1S/C17H23N3O3/c1-10-11(2)15-13(12(3)14(10)21)6-7-17(4,23-15)16(22)20-19-9-5-8-18/h19,21H,5-7,9H2,1-4H3,(H,20,22). The lowest BCUT2D eigenvalue weighted by molar-refractivity contribution is -0.138. The topological polar surface area (TPSA) is 94.4 Å². The number of nitrogens with one attached hydrogen (secondary N) is 2. The Bertz CT molecular complexity index is 679. The number of carbonyl (C=O) groups is 1. The van der Waals surface area contributed by atoms with Crippen molar-refractivity contribution < 1.29 is 14.6 Å². The van der Waals surface area contributed by atoms with Gasteiger partial charge in [0.25, 0.3) is 5.91 Å². The summed E-state index contributed by atoms with van der Waals surface area (Å²) in [5.74, 6) is 0.735. The number of amides is 1. The monoisotopic (exact) mass is 317 g/mol. The van der Waals surface area contributed by atoms with Crippen LogP contribution in [0.3, 0.4) is 0 Å². The van der Waals surface area contributed by atoms with Crippen LogP contribution < -0.4 is 15.6 Å². The zero-order chi connectivity index (χ0) is 17.2. The first-order valence-electron chi connectivity index (χ1n) is 7.72. The van der Waals surface area contributed by atoms with Gasteiger partial charge in [-0.25, -0.2) is 5.43 Å². The predicted octanol–water partition coefficient (Wildman–Crippen LogP) is 1.94. The minimum absolute atomic E-state index is 0.260. The second-order valence-corrected chi connectivity index (χ2v) is 6.15. The number of aromatic hydroxyl groups is 1. The number of ether oxygens (including phenoxy) is 1. The Morgan fingerprint density at radius 2 is 2.04 bits per heavy atom. The highest BCUT2D eigenvalue weighted by atomic mass is 16.5. The molecule has 0 bridgehead atoms. The molecule has 6 nitrogen and oxygen atoms in total. The number of nitriles is 1. The van der Waals surface area contributed by atoms with E-state index in [0.29, 0.717) is 37.3 Å². The number of rotatable bonds is 4. The normalized spacial score (nSPS) is 19.4. The quantitative estimate of drug-likeness (QED) is 0.583. The van der Waals surface area contributed by atoms with Crippen molar-refractivity contribution in [1.82, 2.24) is 10.9 Å². The molecule has 0 spiro atoms. The van der Waals surface area contributed by atoms with E-state index in [4.69, 9.17) is 10.00 Å². The van der Waals surface area contributed by atoms with Gasteiger partial charge in [-0.3, -0.25) is 10.2 Å². The average molecular weight is 317 g/mol. The Hall–Kier alpha value is -2.26. The molecule has 1 aliphatic heterocycles. The van der Waals surface area contributed by atoms with E-state index < -0.39 is 5.60 Å². The molecule has 6 heteroatoms. The number of phenolic OH excluding ortho intramolecular Hbond substituents is 1. The molecule has 1 aliphatic rings. The molecule has 1 heterocycles. The zero-order valence-corrected chi connectivity index (χ0v) is 14.0. The highest BCUT2D eigenvalue weighted by molar-refractivity contribution is 5.85. The summed E-state index contributed by atoms with van der Waals surface area (Å²) in [6.45, 7) is 7.75. The summed E-state index contributed by atoms with van der Waals surface area (Å²) < 4.78 is 6.06. The van der Waals surface area contributed by atoms with Gasteiger partial charge < -0.3 is 9.84 Å². The number of fused-ring (bicyclic) bond motifs is 1. The number of hydrogen-bond donors (Lipinski definition) is 3. The van der Waals surface area contributed by atoms with E-state index >= 15 is 0 Å². The van der Waals surface area contributed by atoms with E-state index in [1.165, 1.54) is 0 Å². The van der Waals surface area contributed by atoms with E-state index in [1.54, 1.807) is 6.92 Å². The maximum Gasteiger partial charge on any atom is 0.277 e. The highest BCUT2D eigenvalue weighted by Crippen LogP contribution is 2.43. The van der Waals surface area contributed by atoms with Crippen LogP contribution in [0.25, 0.3) is 0 Å². The van der Waals surface area contributed by atoms with E-state index in [1.807, 2.05) is 26.8 Å². The van der Waals surface area contributed by atoms with Crippen LogP contribution >= 0.6 is 0 Å². The summed E-state index contributed by atoms with van der Waals surface area (Å²) in [4.78, 5) is 12.4. The lowest BCUT2D eigenvalue weighted by atomic mass is 9.87. The molecule has 0 aliphatic carbocycles. The maximum atomic E-state index is 12.4. The third-order valence-electron chi connectivity index (χ3n) is 4.56. The van der Waals surface area contributed by atoms with E-state index in [9.17, 15) is 9.90 Å². The van der Waals surface area contributed by atoms with Crippen LogP contribution in [0.4, 0.5) is 0 Å². The highest BCUT2D eigenvalue weighted by Gasteiger charge is 2.40. The fourth-order valence-corrected chi connectivity index (χ4v) is 2.80. The molecular formula is C17H23N3O3. The molecule has 1 amide bonds. The van der Waals surface area contributed by atoms with Gasteiger partial charge in [0.2, 0.25) is 0 Å². The largest absolute Gasteiger partial charge is 0.507 e. The minimum Gasteiger partial charge on any atom is -0.507 e. The van der Waals surface area contributed by atoms with Gasteiger partial charge in [0.1, 0.15) is 11.5 Å². The second-order valence-electron chi connectivity index (χ2n) is 6.15. The van der Waals surface area contributed by atoms with Crippen LogP contribution in [0.15, 0.2) is 0 Å². The molecule has 0 aromatic heterocycles. The Morgan fingerprint density at radius 3 is 2.70 bits per heavy atom. The Kier molecular flexibility index (Phi) is 4.81. The summed E-state index contributed by atoms with van der Waals surface area (Å²) in [5.41, 5.74) is 7.78. The van der Waals surface area contributed by atoms with Crippen molar-refractivity contribution in [3.8, 4) is 17.6 Å². The van der Waals surface area contributed by atoms with Crippen molar-refractivity contribution in [2.24, 2.45) is 0 Å². The molecule has 23 heavy (non-hydrogen) atoms. The Morgan fingerprint density at radius 1 is 1.35 bits per heavy atom. The second kappa shape index (κ2) is 6.47. The number of nitrogens with zero attached hydrogens (tertiary/aromatic N) is 1. The predicted molar refractivity (Wildman–Crippen MR) is 86.0 cm³/mol. The van der Waals surface area contributed by atoms with Gasteiger partial charge in [-0.2, -0.15) is 5.26 Å². The van der Waals surface area contributed by atoms with Gasteiger partial charge in [0.05, 0.1) is 6.07 Å². The van der Waals surface area contributed by atoms with Gasteiger partial charge in [-0.1, -0.05) is 0 Å². The van der Waals surface area contributed by atoms with Crippen molar-refractivity contribution in [2.75, 3.05) is 6.54 Å². The number of phenols is 1. The Balaban J connectivity index is 2.22. The average Bonchev–Trinajstić information content (AvgIpc) is 2.54. The third-order valence-corrected chi connectivity index (χ3v) is 4.56. The summed E-state index contributed by atoms with van der Waals surface area (Å²) in [5, 5.41) is 18.7. The fourth-order valence-electron chi connectivity index (χ4n) is 2.80. The van der Waals surface area contributed by atoms with E-state index in [-0.39, 0.29) is 5.91 Å². The molecule has 1 aromatic rings.